The highest BCUT2D eigenvalue weighted by atomic mass is 16.8. The van der Waals surface area contributed by atoms with Gasteiger partial charge in [-0.1, -0.05) is 17.7 Å². The van der Waals surface area contributed by atoms with Crippen molar-refractivity contribution in [1.29, 1.82) is 0 Å². The fourth-order valence-electron chi connectivity index (χ4n) is 3.53. The average Bonchev–Trinajstić information content (AvgIpc) is 2.81. The number of rotatable bonds is 7. The molecule has 0 aliphatic carbocycles. The Labute approximate surface area is 185 Å². The van der Waals surface area contributed by atoms with E-state index in [0.717, 1.165) is 22.3 Å². The maximum Gasteiger partial charge on any atom is 0.316 e. The highest BCUT2D eigenvalue weighted by Gasteiger charge is 2.51. The van der Waals surface area contributed by atoms with E-state index in [1.807, 2.05) is 32.9 Å². The first-order valence-electron chi connectivity index (χ1n) is 10.4. The second-order valence-corrected chi connectivity index (χ2v) is 9.49. The summed E-state index contributed by atoms with van der Waals surface area (Å²) in [5, 5.41) is 1.22. The summed E-state index contributed by atoms with van der Waals surface area (Å²) in [6, 6.07) is 4.01. The first-order chi connectivity index (χ1) is 14.2. The molecule has 1 aliphatic rings. The van der Waals surface area contributed by atoms with E-state index >= 15 is 0 Å². The molecule has 31 heavy (non-hydrogen) atoms. The van der Waals surface area contributed by atoms with Gasteiger partial charge in [-0.3, -0.25) is 9.59 Å². The second-order valence-electron chi connectivity index (χ2n) is 9.49. The maximum absolute atomic E-state index is 13.6. The molecule has 0 saturated carbocycles. The lowest BCUT2D eigenvalue weighted by Gasteiger charge is -2.32. The van der Waals surface area contributed by atoms with Gasteiger partial charge < -0.3 is 14.2 Å². The van der Waals surface area contributed by atoms with Crippen molar-refractivity contribution in [2.75, 3.05) is 13.9 Å². The van der Waals surface area contributed by atoms with Gasteiger partial charge in [-0.05, 0) is 79.0 Å². The minimum atomic E-state index is -1.03. The lowest BCUT2D eigenvalue weighted by molar-refractivity contribution is -0.272. The van der Waals surface area contributed by atoms with Crippen LogP contribution in [0.25, 0.3) is 5.57 Å². The highest BCUT2D eigenvalue weighted by Crippen LogP contribution is 2.43. The average molecular weight is 434 g/mol. The number of amides is 1. The number of aryl methyl sites for hydroxylation is 3. The molecule has 1 unspecified atom stereocenters. The first-order valence-corrected chi connectivity index (χ1v) is 10.4. The molecule has 0 spiro atoms. The van der Waals surface area contributed by atoms with E-state index in [9.17, 15) is 9.59 Å². The number of hydrogen-bond donors (Lipinski definition) is 0. The maximum atomic E-state index is 13.6. The second kappa shape index (κ2) is 9.10. The van der Waals surface area contributed by atoms with Crippen LogP contribution in [-0.4, -0.2) is 42.7 Å². The predicted molar refractivity (Wildman–Crippen MR) is 118 cm³/mol. The van der Waals surface area contributed by atoms with Gasteiger partial charge in [0.25, 0.3) is 5.91 Å². The summed E-state index contributed by atoms with van der Waals surface area (Å²) in [7, 11) is 1.52. The normalized spacial score (nSPS) is 17.4. The lowest BCUT2D eigenvalue weighted by Crippen LogP contribution is -2.45. The minimum Gasteiger partial charge on any atom is -0.427 e. The molecule has 1 heterocycles. The van der Waals surface area contributed by atoms with Gasteiger partial charge in [0, 0.05) is 7.11 Å². The first kappa shape index (κ1) is 25.0. The van der Waals surface area contributed by atoms with Crippen LogP contribution in [0.2, 0.25) is 0 Å². The van der Waals surface area contributed by atoms with Crippen LogP contribution >= 0.6 is 0 Å². The van der Waals surface area contributed by atoms with E-state index < -0.39 is 23.2 Å². The van der Waals surface area contributed by atoms with Gasteiger partial charge in [-0.25, -0.2) is 9.90 Å². The predicted octanol–water partition coefficient (Wildman–Crippen LogP) is 4.43. The Morgan fingerprint density at radius 2 is 1.68 bits per heavy atom. The zero-order chi connectivity index (χ0) is 23.7. The van der Waals surface area contributed by atoms with Crippen LogP contribution < -0.4 is 0 Å². The molecule has 2 rings (SSSR count). The number of carbonyl (C=O) groups excluding carboxylic acids is 2. The van der Waals surface area contributed by atoms with Gasteiger partial charge in [0.2, 0.25) is 0 Å². The SMILES string of the molecule is COC(C)OCON1C(=O)C(c2c(C)cc(C)cc2C)=C(OC(=O)C(C)(C)C)C1(C)C. The fraction of sp³-hybridized carbons (Fsp3) is 0.583. The lowest BCUT2D eigenvalue weighted by atomic mass is 9.91. The molecule has 7 heteroatoms. The van der Waals surface area contributed by atoms with E-state index in [4.69, 9.17) is 19.0 Å². The summed E-state index contributed by atoms with van der Waals surface area (Å²) >= 11 is 0. The summed E-state index contributed by atoms with van der Waals surface area (Å²) in [6.07, 6.45) is -0.493. The van der Waals surface area contributed by atoms with Crippen molar-refractivity contribution in [3.8, 4) is 0 Å². The third-order valence-electron chi connectivity index (χ3n) is 5.24. The molecule has 0 N–H and O–H groups in total. The Kier molecular flexibility index (Phi) is 7.35. The molecule has 1 atom stereocenters. The summed E-state index contributed by atoms with van der Waals surface area (Å²) in [6.45, 7) is 16.3. The molecule has 0 radical (unpaired) electrons. The zero-order valence-corrected chi connectivity index (χ0v) is 20.3. The highest BCUT2D eigenvalue weighted by molar-refractivity contribution is 6.23. The van der Waals surface area contributed by atoms with Crippen LogP contribution in [-0.2, 0) is 28.6 Å². The Morgan fingerprint density at radius 3 is 2.16 bits per heavy atom. The number of benzene rings is 1. The van der Waals surface area contributed by atoms with E-state index in [-0.39, 0.29) is 18.5 Å². The van der Waals surface area contributed by atoms with Crippen LogP contribution in [0.1, 0.15) is 63.8 Å². The van der Waals surface area contributed by atoms with Crippen LogP contribution in [0.5, 0.6) is 0 Å². The smallest absolute Gasteiger partial charge is 0.316 e. The van der Waals surface area contributed by atoms with Crippen molar-refractivity contribution in [1.82, 2.24) is 5.06 Å². The molecule has 1 aromatic carbocycles. The van der Waals surface area contributed by atoms with Gasteiger partial charge in [0.05, 0.1) is 11.0 Å². The molecule has 7 nitrogen and oxygen atoms in total. The number of methoxy groups -OCH3 is 1. The molecular weight excluding hydrogens is 398 g/mol. The number of nitrogens with zero attached hydrogens (tertiary/aromatic N) is 1. The van der Waals surface area contributed by atoms with Crippen LogP contribution in [0.3, 0.4) is 0 Å². The van der Waals surface area contributed by atoms with Gasteiger partial charge in [0.1, 0.15) is 11.3 Å². The van der Waals surface area contributed by atoms with E-state index in [1.54, 1.807) is 41.5 Å². The third kappa shape index (κ3) is 5.17. The number of hydrogen-bond acceptors (Lipinski definition) is 6. The molecule has 1 aromatic rings. The van der Waals surface area contributed by atoms with Crippen molar-refractivity contribution in [2.45, 2.75) is 74.1 Å². The van der Waals surface area contributed by atoms with Crippen molar-refractivity contribution in [3.63, 3.8) is 0 Å². The number of ether oxygens (including phenoxy) is 3. The molecule has 1 aliphatic heterocycles. The quantitative estimate of drug-likeness (QED) is 0.468. The molecule has 0 fully saturated rings. The summed E-state index contributed by atoms with van der Waals surface area (Å²) < 4.78 is 16.3. The Morgan fingerprint density at radius 1 is 1.13 bits per heavy atom. The minimum absolute atomic E-state index is 0.191. The number of carbonyl (C=O) groups is 2. The topological polar surface area (TPSA) is 74.3 Å². The molecule has 0 saturated heterocycles. The number of esters is 1. The monoisotopic (exact) mass is 433 g/mol. The zero-order valence-electron chi connectivity index (χ0n) is 20.3. The van der Waals surface area contributed by atoms with Crippen molar-refractivity contribution < 1.29 is 28.6 Å². The van der Waals surface area contributed by atoms with Gasteiger partial charge >= 0.3 is 5.97 Å². The molecule has 0 aromatic heterocycles. The van der Waals surface area contributed by atoms with Crippen LogP contribution in [0.15, 0.2) is 17.9 Å². The van der Waals surface area contributed by atoms with Gasteiger partial charge in [-0.15, -0.1) is 0 Å². The Hall–Kier alpha value is -2.22. The van der Waals surface area contributed by atoms with Crippen LogP contribution in [0, 0.1) is 26.2 Å². The Balaban J connectivity index is 2.57. The molecule has 0 bridgehead atoms. The van der Waals surface area contributed by atoms with Crippen molar-refractivity contribution in [3.05, 3.63) is 40.1 Å². The fourth-order valence-corrected chi connectivity index (χ4v) is 3.53. The summed E-state index contributed by atoms with van der Waals surface area (Å²) in [5.74, 6) is -0.535. The molecular formula is C24H35NO6. The van der Waals surface area contributed by atoms with Gasteiger partial charge in [-0.2, -0.15) is 0 Å². The van der Waals surface area contributed by atoms with Gasteiger partial charge in [0.15, 0.2) is 13.1 Å². The molecule has 172 valence electrons. The van der Waals surface area contributed by atoms with Crippen molar-refractivity contribution >= 4 is 17.4 Å². The van der Waals surface area contributed by atoms with Crippen molar-refractivity contribution in [2.24, 2.45) is 5.41 Å². The van der Waals surface area contributed by atoms with E-state index in [2.05, 4.69) is 0 Å². The summed E-state index contributed by atoms with van der Waals surface area (Å²) in [4.78, 5) is 32.1. The van der Waals surface area contributed by atoms with Crippen LogP contribution in [0.4, 0.5) is 0 Å². The Bertz CT molecular complexity index is 871. The molecule has 1 amide bonds. The number of hydroxylamine groups is 2. The summed E-state index contributed by atoms with van der Waals surface area (Å²) in [5.41, 5.74) is 2.25. The van der Waals surface area contributed by atoms with E-state index in [1.165, 1.54) is 12.2 Å². The third-order valence-corrected chi connectivity index (χ3v) is 5.24. The standard InChI is InChI=1S/C24H35NO6/c1-14-11-15(2)18(16(3)12-14)19-20(31-22(27)23(5,6)7)24(8,9)25(21(19)26)30-13-29-17(4)28-10/h11-12,17H,13H2,1-10H3. The van der Waals surface area contributed by atoms with E-state index in [0.29, 0.717) is 5.57 Å². The largest absolute Gasteiger partial charge is 0.427 e.